The van der Waals surface area contributed by atoms with E-state index in [1.807, 2.05) is 19.1 Å². The molecular formula is C33H46FN4O7PS. The van der Waals surface area contributed by atoms with Gasteiger partial charge in [0.05, 0.1) is 18.1 Å². The molecule has 3 aliphatic heterocycles. The van der Waals surface area contributed by atoms with E-state index in [0.717, 1.165) is 42.7 Å². The summed E-state index contributed by atoms with van der Waals surface area (Å²) in [5.74, 6) is -1.92. The second-order valence-corrected chi connectivity index (χ2v) is 13.8. The summed E-state index contributed by atoms with van der Waals surface area (Å²) in [5, 5.41) is 0.667. The van der Waals surface area contributed by atoms with Crippen molar-refractivity contribution in [1.82, 2.24) is 14.8 Å². The fourth-order valence-electron chi connectivity index (χ4n) is 6.04. The van der Waals surface area contributed by atoms with E-state index < -0.39 is 20.2 Å². The molecule has 0 radical (unpaired) electrons. The monoisotopic (exact) mass is 692 g/mol. The molecule has 6 rings (SSSR count). The fourth-order valence-corrected chi connectivity index (χ4v) is 7.36. The highest BCUT2D eigenvalue weighted by Crippen LogP contribution is 2.45. The minimum absolute atomic E-state index is 0.179. The van der Waals surface area contributed by atoms with Crippen LogP contribution in [0.3, 0.4) is 0 Å². The number of carbonyl (C=O) groups is 3. The number of alkyl halides is 1. The summed E-state index contributed by atoms with van der Waals surface area (Å²) in [6, 6.07) is 10.8. The minimum atomic E-state index is -2.65. The summed E-state index contributed by atoms with van der Waals surface area (Å²) in [5.41, 5.74) is 6.30. The number of likely N-dealkylation sites (tertiary alicyclic amines) is 1. The Labute approximate surface area is 280 Å². The van der Waals surface area contributed by atoms with Crippen molar-refractivity contribution >= 4 is 48.4 Å². The number of ether oxygens (including phenoxy) is 2. The number of carbonyl (C=O) groups excluding carboxylic acids is 3. The lowest BCUT2D eigenvalue weighted by molar-refractivity contribution is -0.150. The molecule has 4 N–H and O–H groups in total. The third kappa shape index (κ3) is 10.8. The summed E-state index contributed by atoms with van der Waals surface area (Å²) in [7, 11) is 1.13. The lowest BCUT2D eigenvalue weighted by Gasteiger charge is -2.48. The summed E-state index contributed by atoms with van der Waals surface area (Å²) in [6.45, 7) is 6.12. The molecule has 0 spiro atoms. The molecule has 0 bridgehead atoms. The number of likely N-dealkylation sites (N-methyl/N-ethyl adjacent to an activating group) is 1. The van der Waals surface area contributed by atoms with E-state index >= 15 is 0 Å². The van der Waals surface area contributed by atoms with Crippen molar-refractivity contribution in [2.75, 3.05) is 47.0 Å². The van der Waals surface area contributed by atoms with Gasteiger partial charge in [0, 0.05) is 61.9 Å². The van der Waals surface area contributed by atoms with E-state index in [1.165, 1.54) is 55.6 Å². The maximum atomic E-state index is 13.4. The Morgan fingerprint density at radius 2 is 1.91 bits per heavy atom. The zero-order chi connectivity index (χ0) is 34.4. The van der Waals surface area contributed by atoms with Crippen molar-refractivity contribution in [3.05, 3.63) is 64.8 Å². The quantitative estimate of drug-likeness (QED) is 0.221. The Morgan fingerprint density at radius 3 is 2.55 bits per heavy atom. The Bertz CT molecular complexity index is 1410. The summed E-state index contributed by atoms with van der Waals surface area (Å²) >= 11 is 1.22. The van der Waals surface area contributed by atoms with Gasteiger partial charge in [-0.2, -0.15) is 0 Å². The van der Waals surface area contributed by atoms with Gasteiger partial charge in [-0.1, -0.05) is 25.0 Å². The molecule has 0 aliphatic carbocycles. The highest BCUT2D eigenvalue weighted by molar-refractivity contribution is 7.45. The molecule has 3 aliphatic rings. The number of hydrogen-bond acceptors (Lipinski definition) is 10. The van der Waals surface area contributed by atoms with Crippen molar-refractivity contribution in [1.29, 1.82) is 0 Å². The van der Waals surface area contributed by atoms with Crippen LogP contribution in [0.25, 0.3) is 10.1 Å². The number of pyridine rings is 1. The van der Waals surface area contributed by atoms with E-state index in [9.17, 15) is 14.0 Å². The standard InChI is InChI=1S/C12H18N2O2.C10H9FNO3PS.C10H17NO.CH2O/c1-14-9-12(10-14,16-7-6-15-2)11-4-3-5-13-8-11;11-9(16(14)15)5-1-2-7-6(3-5)4-8(17-7)10(12)13;12-10-7-3-1-2-5-9-6-4-8-11(9)10;1-2/h3-5,8H,6-7,9-10H2,1-2H3;1-4,9,14-15H,(H2,12,13);9H,1-8H2;1H2. The van der Waals surface area contributed by atoms with Gasteiger partial charge in [-0.15, -0.1) is 11.3 Å². The van der Waals surface area contributed by atoms with Crippen molar-refractivity contribution in [3.63, 3.8) is 0 Å². The molecule has 47 heavy (non-hydrogen) atoms. The van der Waals surface area contributed by atoms with Crippen molar-refractivity contribution < 1.29 is 38.0 Å². The topological polar surface area (TPSA) is 156 Å². The first-order valence-electron chi connectivity index (χ1n) is 15.6. The number of benzene rings is 1. The molecular weight excluding hydrogens is 646 g/mol. The van der Waals surface area contributed by atoms with E-state index in [4.69, 9.17) is 29.8 Å². The molecule has 2 aromatic heterocycles. The number of aromatic nitrogens is 1. The van der Waals surface area contributed by atoms with Crippen molar-refractivity contribution in [3.8, 4) is 0 Å². The van der Waals surface area contributed by atoms with Gasteiger partial charge in [0.2, 0.25) is 14.3 Å². The fraction of sp³-hybridized carbons (Fsp3) is 0.515. The molecule has 2 unspecified atom stereocenters. The molecule has 2 amide bonds. The maximum Gasteiger partial charge on any atom is 0.258 e. The molecule has 3 saturated heterocycles. The number of primary amides is 1. The predicted molar refractivity (Wildman–Crippen MR) is 182 cm³/mol. The van der Waals surface area contributed by atoms with E-state index in [0.29, 0.717) is 35.4 Å². The van der Waals surface area contributed by atoms with Crippen LogP contribution in [0.1, 0.15) is 71.7 Å². The first-order chi connectivity index (χ1) is 22.6. The second kappa shape index (κ2) is 19.2. The van der Waals surface area contributed by atoms with Crippen LogP contribution < -0.4 is 5.73 Å². The lowest BCUT2D eigenvalue weighted by atomic mass is 9.87. The number of nitrogens with zero attached hydrogens (tertiary/aromatic N) is 3. The van der Waals surface area contributed by atoms with Gasteiger partial charge in [0.1, 0.15) is 12.4 Å². The van der Waals surface area contributed by atoms with Crippen LogP contribution in [0.2, 0.25) is 0 Å². The number of halogens is 1. The SMILES string of the molecule is C=O.COCCOC1(c2cccnc2)CN(C)C1.NC(=O)c1cc2cc(C(F)P(O)O)ccc2s1.O=C1CCCCCC2CCCN12. The Morgan fingerprint density at radius 1 is 1.17 bits per heavy atom. The first kappa shape index (κ1) is 38.5. The number of fused-ring (bicyclic) bond motifs is 2. The van der Waals surface area contributed by atoms with Gasteiger partial charge in [-0.05, 0) is 67.9 Å². The third-order valence-corrected chi connectivity index (χ3v) is 10.1. The molecule has 11 nitrogen and oxygen atoms in total. The molecule has 3 aromatic rings. The largest absolute Gasteiger partial charge is 0.382 e. The second-order valence-electron chi connectivity index (χ2n) is 11.7. The van der Waals surface area contributed by atoms with Crippen molar-refractivity contribution in [2.24, 2.45) is 5.73 Å². The number of nitrogens with two attached hydrogens (primary N) is 1. The lowest BCUT2D eigenvalue weighted by Crippen LogP contribution is -2.59. The highest BCUT2D eigenvalue weighted by Gasteiger charge is 2.44. The van der Waals surface area contributed by atoms with Gasteiger partial charge < -0.3 is 34.7 Å². The third-order valence-electron chi connectivity index (χ3n) is 8.29. The van der Waals surface area contributed by atoms with Gasteiger partial charge in [0.25, 0.3) is 5.91 Å². The van der Waals surface area contributed by atoms with Crippen molar-refractivity contribution in [2.45, 2.75) is 62.5 Å². The van der Waals surface area contributed by atoms with Gasteiger partial charge in [-0.3, -0.25) is 19.5 Å². The normalized spacial score (nSPS) is 19.4. The summed E-state index contributed by atoms with van der Waals surface area (Å²) < 4.78 is 25.2. The minimum Gasteiger partial charge on any atom is -0.382 e. The Kier molecular flexibility index (Phi) is 15.7. The highest BCUT2D eigenvalue weighted by atomic mass is 32.1. The molecule has 5 heterocycles. The summed E-state index contributed by atoms with van der Waals surface area (Å²) in [6.07, 6.45) is 11.9. The average molecular weight is 693 g/mol. The summed E-state index contributed by atoms with van der Waals surface area (Å²) in [4.78, 5) is 57.1. The van der Waals surface area contributed by atoms with E-state index in [2.05, 4.69) is 27.9 Å². The van der Waals surface area contributed by atoms with Gasteiger partial charge in [0.15, 0.2) is 5.91 Å². The Hall–Kier alpha value is -2.90. The van der Waals surface area contributed by atoms with Crippen LogP contribution in [-0.2, 0) is 24.7 Å². The van der Waals surface area contributed by atoms with E-state index in [1.54, 1.807) is 25.4 Å². The molecule has 0 saturated carbocycles. The average Bonchev–Trinajstić information content (AvgIpc) is 3.71. The van der Waals surface area contributed by atoms with Gasteiger partial charge >= 0.3 is 0 Å². The smallest absolute Gasteiger partial charge is 0.258 e. The van der Waals surface area contributed by atoms with Crippen LogP contribution in [0.4, 0.5) is 4.39 Å². The van der Waals surface area contributed by atoms with Gasteiger partial charge in [-0.25, -0.2) is 4.39 Å². The molecule has 3 fully saturated rings. The number of hydrogen-bond donors (Lipinski definition) is 3. The molecule has 258 valence electrons. The zero-order valence-electron chi connectivity index (χ0n) is 27.1. The molecule has 2 atom stereocenters. The van der Waals surface area contributed by atoms with Crippen LogP contribution in [0.15, 0.2) is 48.8 Å². The van der Waals surface area contributed by atoms with Crippen LogP contribution in [0.5, 0.6) is 0 Å². The van der Waals surface area contributed by atoms with E-state index in [-0.39, 0.29) is 11.2 Å². The maximum absolute atomic E-state index is 13.4. The number of methoxy groups -OCH3 is 1. The first-order valence-corrected chi connectivity index (χ1v) is 17.7. The molecule has 14 heteroatoms. The number of rotatable bonds is 8. The van der Waals surface area contributed by atoms with Crippen LogP contribution >= 0.6 is 19.7 Å². The predicted octanol–water partition coefficient (Wildman–Crippen LogP) is 4.91. The number of thiophene rings is 1. The number of amides is 2. The van der Waals surface area contributed by atoms with Crippen LogP contribution in [-0.4, -0.2) is 96.2 Å². The molecule has 1 aromatic carbocycles. The van der Waals surface area contributed by atoms with Crippen LogP contribution in [0, 0.1) is 0 Å². The zero-order valence-corrected chi connectivity index (χ0v) is 28.8. The Balaban J connectivity index is 0.000000189.